The molecule has 120 valence electrons. The van der Waals surface area contributed by atoms with Gasteiger partial charge in [0, 0.05) is 26.6 Å². The second-order valence-corrected chi connectivity index (χ2v) is 4.05. The molecule has 0 aliphatic rings. The van der Waals surface area contributed by atoms with Gasteiger partial charge in [0.25, 0.3) is 0 Å². The molecule has 8 nitrogen and oxygen atoms in total. The van der Waals surface area contributed by atoms with Crippen molar-refractivity contribution in [2.75, 3.05) is 33.9 Å². The highest BCUT2D eigenvalue weighted by atomic mass is 16.6. The summed E-state index contributed by atoms with van der Waals surface area (Å²) in [5.41, 5.74) is 0. The number of nitrogens with one attached hydrogen (secondary N) is 2. The van der Waals surface area contributed by atoms with E-state index >= 15 is 0 Å². The van der Waals surface area contributed by atoms with Gasteiger partial charge < -0.3 is 30.3 Å². The van der Waals surface area contributed by atoms with Gasteiger partial charge in [-0.2, -0.15) is 0 Å². The minimum Gasteiger partial charge on any atom is -0.449 e. The summed E-state index contributed by atoms with van der Waals surface area (Å²) < 4.78 is 9.18. The van der Waals surface area contributed by atoms with Crippen LogP contribution in [-0.2, 0) is 9.47 Å². The van der Waals surface area contributed by atoms with Crippen LogP contribution in [0.4, 0.5) is 9.59 Å². The molecule has 0 aliphatic carbocycles. The second kappa shape index (κ2) is 13.9. The van der Waals surface area contributed by atoms with Crippen LogP contribution < -0.4 is 10.6 Å². The van der Waals surface area contributed by atoms with Crippen molar-refractivity contribution in [3.8, 4) is 0 Å². The van der Waals surface area contributed by atoms with Gasteiger partial charge in [0.1, 0.15) is 6.61 Å². The van der Waals surface area contributed by atoms with Crippen LogP contribution in [0, 0.1) is 5.92 Å². The first-order chi connectivity index (χ1) is 9.40. The van der Waals surface area contributed by atoms with Crippen LogP contribution in [0.15, 0.2) is 0 Å². The van der Waals surface area contributed by atoms with E-state index in [1.807, 2.05) is 6.92 Å². The number of aliphatic hydroxyl groups excluding tert-OH is 2. The number of carbonyl (C=O) groups excluding carboxylic acids is 2. The smallest absolute Gasteiger partial charge is 0.406 e. The number of carbonyl (C=O) groups is 2. The van der Waals surface area contributed by atoms with Crippen LogP contribution in [0.25, 0.3) is 0 Å². The number of amides is 2. The molecule has 8 heteroatoms. The molecule has 0 rings (SSSR count). The number of aliphatic hydroxyl groups is 2. The van der Waals surface area contributed by atoms with E-state index in [-0.39, 0.29) is 25.7 Å². The van der Waals surface area contributed by atoms with Crippen molar-refractivity contribution in [3.63, 3.8) is 0 Å². The zero-order valence-corrected chi connectivity index (χ0v) is 12.5. The molecular weight excluding hydrogens is 268 g/mol. The summed E-state index contributed by atoms with van der Waals surface area (Å²) in [5, 5.41) is 22.0. The first-order valence-electron chi connectivity index (χ1n) is 6.39. The zero-order chi connectivity index (χ0) is 16.0. The van der Waals surface area contributed by atoms with Gasteiger partial charge >= 0.3 is 12.2 Å². The van der Waals surface area contributed by atoms with Crippen LogP contribution >= 0.6 is 0 Å². The lowest BCUT2D eigenvalue weighted by atomic mass is 10.2. The topological polar surface area (TPSA) is 117 Å². The van der Waals surface area contributed by atoms with Crippen molar-refractivity contribution in [1.82, 2.24) is 10.6 Å². The summed E-state index contributed by atoms with van der Waals surface area (Å²) in [6.45, 7) is 3.98. The SMILES string of the molecule is CCC(O)COC(=O)NC.CNC(=O)OCC(C)CO. The molecule has 0 aliphatic heterocycles. The molecule has 4 N–H and O–H groups in total. The van der Waals surface area contributed by atoms with E-state index in [9.17, 15) is 9.59 Å². The Morgan fingerprint density at radius 3 is 1.90 bits per heavy atom. The van der Waals surface area contributed by atoms with Crippen LogP contribution in [-0.4, -0.2) is 62.4 Å². The van der Waals surface area contributed by atoms with E-state index in [0.717, 1.165) is 0 Å². The van der Waals surface area contributed by atoms with Gasteiger partial charge in [0.05, 0.1) is 12.7 Å². The second-order valence-electron chi connectivity index (χ2n) is 4.05. The summed E-state index contributed by atoms with van der Waals surface area (Å²) >= 11 is 0. The highest BCUT2D eigenvalue weighted by molar-refractivity contribution is 5.66. The lowest BCUT2D eigenvalue weighted by Crippen LogP contribution is -2.24. The van der Waals surface area contributed by atoms with Crippen molar-refractivity contribution < 1.29 is 29.3 Å². The van der Waals surface area contributed by atoms with Gasteiger partial charge in [-0.25, -0.2) is 9.59 Å². The molecule has 2 atom stereocenters. The Morgan fingerprint density at radius 1 is 1.10 bits per heavy atom. The number of hydrogen-bond acceptors (Lipinski definition) is 6. The van der Waals surface area contributed by atoms with Gasteiger partial charge in [-0.3, -0.25) is 0 Å². The molecule has 0 radical (unpaired) electrons. The molecule has 2 unspecified atom stereocenters. The molecule has 0 aromatic rings. The van der Waals surface area contributed by atoms with Crippen LogP contribution in [0.5, 0.6) is 0 Å². The maximum Gasteiger partial charge on any atom is 0.406 e. The zero-order valence-electron chi connectivity index (χ0n) is 12.5. The molecule has 0 heterocycles. The molecular formula is C12H26N2O6. The van der Waals surface area contributed by atoms with Gasteiger partial charge in [-0.15, -0.1) is 0 Å². The Labute approximate surface area is 119 Å². The normalized spacial score (nSPS) is 12.3. The third-order valence-corrected chi connectivity index (χ3v) is 2.10. The third-order valence-electron chi connectivity index (χ3n) is 2.10. The molecule has 2 amide bonds. The largest absolute Gasteiger partial charge is 0.449 e. The molecule has 0 saturated carbocycles. The van der Waals surface area contributed by atoms with Crippen molar-refractivity contribution >= 4 is 12.2 Å². The molecule has 0 aromatic heterocycles. The van der Waals surface area contributed by atoms with E-state index < -0.39 is 18.3 Å². The predicted octanol–water partition coefficient (Wildman–Crippen LogP) is 0.0841. The van der Waals surface area contributed by atoms with Gasteiger partial charge in [0.2, 0.25) is 0 Å². The number of rotatable bonds is 6. The van der Waals surface area contributed by atoms with Gasteiger partial charge in [-0.1, -0.05) is 13.8 Å². The average molecular weight is 294 g/mol. The van der Waals surface area contributed by atoms with Crippen LogP contribution in [0.2, 0.25) is 0 Å². The first-order valence-corrected chi connectivity index (χ1v) is 6.39. The monoisotopic (exact) mass is 294 g/mol. The molecule has 0 aromatic carbocycles. The molecule has 0 bridgehead atoms. The number of ether oxygens (including phenoxy) is 2. The predicted molar refractivity (Wildman–Crippen MR) is 73.4 cm³/mol. The van der Waals surface area contributed by atoms with Crippen LogP contribution in [0.1, 0.15) is 20.3 Å². The molecule has 0 fully saturated rings. The summed E-state index contributed by atoms with van der Waals surface area (Å²) in [6, 6.07) is 0. The van der Waals surface area contributed by atoms with E-state index in [1.165, 1.54) is 14.1 Å². The minimum absolute atomic E-state index is 0.0114. The van der Waals surface area contributed by atoms with E-state index in [4.69, 9.17) is 10.2 Å². The van der Waals surface area contributed by atoms with Crippen molar-refractivity contribution in [2.45, 2.75) is 26.4 Å². The summed E-state index contributed by atoms with van der Waals surface area (Å²) in [6.07, 6.45) is -0.915. The Kier molecular flexibility index (Phi) is 14.4. The van der Waals surface area contributed by atoms with Crippen LogP contribution in [0.3, 0.4) is 0 Å². The lowest BCUT2D eigenvalue weighted by molar-refractivity contribution is 0.0673. The summed E-state index contributed by atoms with van der Waals surface area (Å²) in [5.74, 6) is 0.0114. The minimum atomic E-state index is -0.544. The maximum atomic E-state index is 10.4. The summed E-state index contributed by atoms with van der Waals surface area (Å²) in [4.78, 5) is 20.8. The van der Waals surface area contributed by atoms with Crippen molar-refractivity contribution in [3.05, 3.63) is 0 Å². The third kappa shape index (κ3) is 14.5. The Hall–Kier alpha value is -1.54. The fourth-order valence-electron chi connectivity index (χ4n) is 0.705. The first kappa shape index (κ1) is 20.8. The maximum absolute atomic E-state index is 10.4. The van der Waals surface area contributed by atoms with Crippen molar-refractivity contribution in [1.29, 1.82) is 0 Å². The average Bonchev–Trinajstić information content (AvgIpc) is 2.49. The standard InChI is InChI=1S/2C6H13NO3/c1-5(3-8)4-10-6(9)7-2;1-3-5(8)4-10-6(9)7-2/h2*5,8H,3-4H2,1-2H3,(H,7,9). The van der Waals surface area contributed by atoms with Gasteiger partial charge in [0.15, 0.2) is 0 Å². The van der Waals surface area contributed by atoms with E-state index in [2.05, 4.69) is 20.1 Å². The molecule has 0 saturated heterocycles. The Bertz CT molecular complexity index is 236. The summed E-state index contributed by atoms with van der Waals surface area (Å²) in [7, 11) is 2.96. The van der Waals surface area contributed by atoms with Gasteiger partial charge in [-0.05, 0) is 6.42 Å². The van der Waals surface area contributed by atoms with E-state index in [0.29, 0.717) is 6.42 Å². The quantitative estimate of drug-likeness (QED) is 0.551. The molecule has 0 spiro atoms. The lowest BCUT2D eigenvalue weighted by Gasteiger charge is -2.07. The van der Waals surface area contributed by atoms with E-state index in [1.54, 1.807) is 6.92 Å². The molecule has 20 heavy (non-hydrogen) atoms. The Morgan fingerprint density at radius 2 is 1.55 bits per heavy atom. The fraction of sp³-hybridized carbons (Fsp3) is 0.833. The Balaban J connectivity index is 0. The van der Waals surface area contributed by atoms with Crippen molar-refractivity contribution in [2.24, 2.45) is 5.92 Å². The highest BCUT2D eigenvalue weighted by Crippen LogP contribution is 1.92. The highest BCUT2D eigenvalue weighted by Gasteiger charge is 2.03. The number of hydrogen-bond donors (Lipinski definition) is 4. The number of alkyl carbamates (subject to hydrolysis) is 2. The fourth-order valence-corrected chi connectivity index (χ4v) is 0.705.